The van der Waals surface area contributed by atoms with Gasteiger partial charge in [-0.1, -0.05) is 12.1 Å². The fraction of sp³-hybridized carbons (Fsp3) is 0.600. The number of nitrogens with two attached hydrogens (primary N) is 1. The topological polar surface area (TPSA) is 29.3 Å². The van der Waals surface area contributed by atoms with Gasteiger partial charge in [0.2, 0.25) is 0 Å². The van der Waals surface area contributed by atoms with E-state index in [1.807, 2.05) is 0 Å². The number of hydrogen-bond acceptors (Lipinski definition) is 2. The van der Waals surface area contributed by atoms with Crippen LogP contribution in [0.15, 0.2) is 18.2 Å². The van der Waals surface area contributed by atoms with Gasteiger partial charge in [-0.15, -0.1) is 0 Å². The Hall–Kier alpha value is -1.02. The Morgan fingerprint density at radius 2 is 2.12 bits per heavy atom. The highest BCUT2D eigenvalue weighted by Gasteiger charge is 2.27. The third kappa shape index (κ3) is 2.47. The van der Waals surface area contributed by atoms with Gasteiger partial charge in [-0.05, 0) is 63.3 Å². The Morgan fingerprint density at radius 3 is 2.82 bits per heavy atom. The Labute approximate surface area is 105 Å². The van der Waals surface area contributed by atoms with Gasteiger partial charge in [0.05, 0.1) is 0 Å². The Morgan fingerprint density at radius 1 is 1.35 bits per heavy atom. The zero-order valence-corrected chi connectivity index (χ0v) is 11.2. The third-order valence-corrected chi connectivity index (χ3v) is 4.12. The van der Waals surface area contributed by atoms with E-state index in [4.69, 9.17) is 5.73 Å². The highest BCUT2D eigenvalue weighted by Crippen LogP contribution is 2.30. The molecule has 1 fully saturated rings. The van der Waals surface area contributed by atoms with Crippen molar-refractivity contribution in [2.24, 2.45) is 11.7 Å². The molecule has 2 atom stereocenters. The first kappa shape index (κ1) is 12.4. The first-order valence-corrected chi connectivity index (χ1v) is 6.67. The average Bonchev–Trinajstić information content (AvgIpc) is 2.33. The fourth-order valence-electron chi connectivity index (χ4n) is 2.91. The SMILES string of the molecule is Cc1ccc(C)c(N2CCC[C@H](CN)[C@H]2C)c1. The van der Waals surface area contributed by atoms with E-state index in [9.17, 15) is 0 Å². The van der Waals surface area contributed by atoms with Crippen molar-refractivity contribution in [1.82, 2.24) is 0 Å². The van der Waals surface area contributed by atoms with Gasteiger partial charge in [0.1, 0.15) is 0 Å². The summed E-state index contributed by atoms with van der Waals surface area (Å²) >= 11 is 0. The van der Waals surface area contributed by atoms with Crippen molar-refractivity contribution in [3.05, 3.63) is 29.3 Å². The molecule has 94 valence electrons. The largest absolute Gasteiger partial charge is 0.368 e. The van der Waals surface area contributed by atoms with E-state index in [0.717, 1.165) is 6.54 Å². The quantitative estimate of drug-likeness (QED) is 0.849. The van der Waals surface area contributed by atoms with Gasteiger partial charge in [0.15, 0.2) is 0 Å². The summed E-state index contributed by atoms with van der Waals surface area (Å²) in [5.74, 6) is 0.642. The van der Waals surface area contributed by atoms with Crippen LogP contribution in [0.5, 0.6) is 0 Å². The second-order valence-corrected chi connectivity index (χ2v) is 5.36. The maximum absolute atomic E-state index is 5.88. The minimum Gasteiger partial charge on any atom is -0.368 e. The van der Waals surface area contributed by atoms with Crippen LogP contribution in [0.1, 0.15) is 30.9 Å². The number of aryl methyl sites for hydroxylation is 2. The molecule has 0 radical (unpaired) electrons. The molecule has 0 saturated carbocycles. The number of nitrogens with zero attached hydrogens (tertiary/aromatic N) is 1. The van der Waals surface area contributed by atoms with E-state index >= 15 is 0 Å². The van der Waals surface area contributed by atoms with Gasteiger partial charge < -0.3 is 10.6 Å². The molecular weight excluding hydrogens is 208 g/mol. The molecule has 1 aliphatic rings. The first-order valence-electron chi connectivity index (χ1n) is 6.67. The van der Waals surface area contributed by atoms with Gasteiger partial charge in [-0.3, -0.25) is 0 Å². The van der Waals surface area contributed by atoms with Crippen molar-refractivity contribution in [2.75, 3.05) is 18.0 Å². The van der Waals surface area contributed by atoms with E-state index in [2.05, 4.69) is 43.9 Å². The summed E-state index contributed by atoms with van der Waals surface area (Å²) in [6.45, 7) is 8.66. The molecule has 1 saturated heterocycles. The predicted molar refractivity (Wildman–Crippen MR) is 74.5 cm³/mol. The summed E-state index contributed by atoms with van der Waals surface area (Å²) in [5.41, 5.74) is 9.99. The van der Waals surface area contributed by atoms with E-state index in [1.54, 1.807) is 0 Å². The molecule has 2 heteroatoms. The number of hydrogen-bond donors (Lipinski definition) is 1. The molecule has 2 rings (SSSR count). The average molecular weight is 232 g/mol. The van der Waals surface area contributed by atoms with Crippen molar-refractivity contribution in [2.45, 2.75) is 39.7 Å². The minimum absolute atomic E-state index is 0.564. The second-order valence-electron chi connectivity index (χ2n) is 5.36. The molecular formula is C15H24N2. The van der Waals surface area contributed by atoms with Crippen molar-refractivity contribution in [1.29, 1.82) is 0 Å². The minimum atomic E-state index is 0.564. The summed E-state index contributed by atoms with van der Waals surface area (Å²) in [6.07, 6.45) is 2.54. The van der Waals surface area contributed by atoms with E-state index in [-0.39, 0.29) is 0 Å². The van der Waals surface area contributed by atoms with Crippen LogP contribution in [0.4, 0.5) is 5.69 Å². The molecule has 0 aliphatic carbocycles. The monoisotopic (exact) mass is 232 g/mol. The molecule has 0 spiro atoms. The summed E-state index contributed by atoms with van der Waals surface area (Å²) < 4.78 is 0. The molecule has 1 aromatic rings. The number of benzene rings is 1. The summed E-state index contributed by atoms with van der Waals surface area (Å²) in [4.78, 5) is 2.54. The van der Waals surface area contributed by atoms with Crippen LogP contribution in [-0.4, -0.2) is 19.1 Å². The first-order chi connectivity index (χ1) is 8.13. The normalized spacial score (nSPS) is 25.1. The Bertz CT molecular complexity index is 387. The van der Waals surface area contributed by atoms with Crippen molar-refractivity contribution >= 4 is 5.69 Å². The lowest BCUT2D eigenvalue weighted by molar-refractivity contribution is 0.345. The molecule has 0 amide bonds. The Balaban J connectivity index is 2.28. The Kier molecular flexibility index (Phi) is 3.72. The van der Waals surface area contributed by atoms with Crippen LogP contribution in [0.25, 0.3) is 0 Å². The zero-order valence-electron chi connectivity index (χ0n) is 11.2. The predicted octanol–water partition coefficient (Wildman–Crippen LogP) is 2.87. The molecule has 2 nitrogen and oxygen atoms in total. The number of anilines is 1. The van der Waals surface area contributed by atoms with Crippen LogP contribution < -0.4 is 10.6 Å². The standard InChI is InChI=1S/C15H24N2/c1-11-6-7-12(2)15(9-11)17-8-4-5-14(10-16)13(17)3/h6-7,9,13-14H,4-5,8,10,16H2,1-3H3/t13-,14-/m1/s1. The van der Waals surface area contributed by atoms with Gasteiger partial charge >= 0.3 is 0 Å². The second kappa shape index (κ2) is 5.09. The van der Waals surface area contributed by atoms with Gasteiger partial charge in [-0.25, -0.2) is 0 Å². The summed E-state index contributed by atoms with van der Waals surface area (Å²) in [5, 5.41) is 0. The molecule has 0 unspecified atom stereocenters. The number of piperidine rings is 1. The maximum atomic E-state index is 5.88. The molecule has 0 aromatic heterocycles. The van der Waals surface area contributed by atoms with Crippen LogP contribution in [0, 0.1) is 19.8 Å². The lowest BCUT2D eigenvalue weighted by Gasteiger charge is -2.41. The lowest BCUT2D eigenvalue weighted by atomic mass is 9.89. The van der Waals surface area contributed by atoms with E-state index in [1.165, 1.54) is 36.2 Å². The molecule has 1 aliphatic heterocycles. The third-order valence-electron chi connectivity index (χ3n) is 4.12. The van der Waals surface area contributed by atoms with Crippen molar-refractivity contribution in [3.8, 4) is 0 Å². The number of rotatable bonds is 2. The van der Waals surface area contributed by atoms with Crippen LogP contribution in [-0.2, 0) is 0 Å². The van der Waals surface area contributed by atoms with Crippen LogP contribution in [0.2, 0.25) is 0 Å². The summed E-state index contributed by atoms with van der Waals surface area (Å²) in [6, 6.07) is 7.29. The van der Waals surface area contributed by atoms with Crippen molar-refractivity contribution in [3.63, 3.8) is 0 Å². The molecule has 1 heterocycles. The zero-order chi connectivity index (χ0) is 12.4. The van der Waals surface area contributed by atoms with E-state index in [0.29, 0.717) is 12.0 Å². The van der Waals surface area contributed by atoms with Crippen LogP contribution >= 0.6 is 0 Å². The molecule has 2 N–H and O–H groups in total. The molecule has 1 aromatic carbocycles. The summed E-state index contributed by atoms with van der Waals surface area (Å²) in [7, 11) is 0. The fourth-order valence-corrected chi connectivity index (χ4v) is 2.91. The molecule has 0 bridgehead atoms. The maximum Gasteiger partial charge on any atom is 0.0401 e. The smallest absolute Gasteiger partial charge is 0.0401 e. The lowest BCUT2D eigenvalue weighted by Crippen LogP contribution is -2.46. The van der Waals surface area contributed by atoms with Gasteiger partial charge in [0.25, 0.3) is 0 Å². The highest BCUT2D eigenvalue weighted by molar-refractivity contribution is 5.56. The molecule has 17 heavy (non-hydrogen) atoms. The van der Waals surface area contributed by atoms with Crippen molar-refractivity contribution < 1.29 is 0 Å². The van der Waals surface area contributed by atoms with Crippen LogP contribution in [0.3, 0.4) is 0 Å². The van der Waals surface area contributed by atoms with Gasteiger partial charge in [0, 0.05) is 18.3 Å². The van der Waals surface area contributed by atoms with Gasteiger partial charge in [-0.2, -0.15) is 0 Å². The van der Waals surface area contributed by atoms with E-state index < -0.39 is 0 Å². The highest BCUT2D eigenvalue weighted by atomic mass is 15.2.